The third-order valence-corrected chi connectivity index (χ3v) is 3.31. The monoisotopic (exact) mass is 240 g/mol. The van der Waals surface area contributed by atoms with Crippen LogP contribution in [0.4, 0.5) is 5.82 Å². The van der Waals surface area contributed by atoms with Gasteiger partial charge in [0.05, 0.1) is 0 Å². The second-order valence-corrected chi connectivity index (χ2v) is 4.46. The molecule has 0 amide bonds. The van der Waals surface area contributed by atoms with Gasteiger partial charge in [-0.15, -0.1) is 11.6 Å². The van der Waals surface area contributed by atoms with Crippen LogP contribution in [0.5, 0.6) is 0 Å². The summed E-state index contributed by atoms with van der Waals surface area (Å²) in [6.45, 7) is 6.44. The fourth-order valence-electron chi connectivity index (χ4n) is 2.00. The molecule has 0 aromatic carbocycles. The summed E-state index contributed by atoms with van der Waals surface area (Å²) in [5.74, 6) is 1.58. The number of rotatable bonds is 5. The first-order chi connectivity index (χ1) is 7.62. The van der Waals surface area contributed by atoms with Gasteiger partial charge in [0.1, 0.15) is 5.82 Å². The number of anilines is 1. The number of hydrogen-bond acceptors (Lipinski definition) is 2. The van der Waals surface area contributed by atoms with Crippen LogP contribution in [-0.2, 0) is 5.88 Å². The van der Waals surface area contributed by atoms with Crippen LogP contribution >= 0.6 is 11.6 Å². The van der Waals surface area contributed by atoms with Gasteiger partial charge in [-0.25, -0.2) is 4.98 Å². The van der Waals surface area contributed by atoms with E-state index in [9.17, 15) is 0 Å². The summed E-state index contributed by atoms with van der Waals surface area (Å²) in [4.78, 5) is 6.82. The van der Waals surface area contributed by atoms with Crippen molar-refractivity contribution in [2.24, 2.45) is 0 Å². The van der Waals surface area contributed by atoms with Gasteiger partial charge in [0.15, 0.2) is 0 Å². The number of pyridine rings is 1. The Balaban J connectivity index is 2.97. The molecule has 0 radical (unpaired) electrons. The maximum Gasteiger partial charge on any atom is 0.129 e. The van der Waals surface area contributed by atoms with Crippen molar-refractivity contribution in [3.8, 4) is 0 Å². The fraction of sp³-hybridized carbons (Fsp3) is 0.615. The minimum absolute atomic E-state index is 0.549. The highest BCUT2D eigenvalue weighted by Gasteiger charge is 2.13. The van der Waals surface area contributed by atoms with Crippen molar-refractivity contribution in [3.63, 3.8) is 0 Å². The third-order valence-electron chi connectivity index (χ3n) is 3.01. The minimum atomic E-state index is 0.549. The van der Waals surface area contributed by atoms with Crippen molar-refractivity contribution in [3.05, 3.63) is 23.4 Å². The summed E-state index contributed by atoms with van der Waals surface area (Å²) in [5.41, 5.74) is 2.17. The van der Waals surface area contributed by atoms with Crippen LogP contribution in [0.25, 0.3) is 0 Å². The molecule has 1 heterocycles. The predicted molar refractivity (Wildman–Crippen MR) is 71.3 cm³/mol. The quantitative estimate of drug-likeness (QED) is 0.729. The van der Waals surface area contributed by atoms with E-state index in [2.05, 4.69) is 36.8 Å². The Hall–Kier alpha value is -0.760. The van der Waals surface area contributed by atoms with Gasteiger partial charge in [-0.1, -0.05) is 13.8 Å². The maximum atomic E-state index is 5.88. The lowest BCUT2D eigenvalue weighted by atomic mass is 10.1. The molecule has 16 heavy (non-hydrogen) atoms. The fourth-order valence-corrected chi connectivity index (χ4v) is 2.16. The number of nitrogens with zero attached hydrogens (tertiary/aromatic N) is 2. The van der Waals surface area contributed by atoms with E-state index in [1.165, 1.54) is 0 Å². The minimum Gasteiger partial charge on any atom is -0.357 e. The Bertz CT molecular complexity index is 335. The molecule has 90 valence electrons. The van der Waals surface area contributed by atoms with E-state index in [1.807, 2.05) is 13.0 Å². The lowest BCUT2D eigenvalue weighted by Crippen LogP contribution is -2.31. The molecule has 0 unspecified atom stereocenters. The standard InChI is InChI=1S/C13H21ClN2/c1-5-12(6-2)16(4)13-8-11(9-14)7-10(3)15-13/h7-8,12H,5-6,9H2,1-4H3. The van der Waals surface area contributed by atoms with Crippen LogP contribution in [0.1, 0.15) is 37.9 Å². The highest BCUT2D eigenvalue weighted by molar-refractivity contribution is 6.17. The molecule has 3 heteroatoms. The number of aromatic nitrogens is 1. The first-order valence-electron chi connectivity index (χ1n) is 5.88. The summed E-state index contributed by atoms with van der Waals surface area (Å²) in [6, 6.07) is 4.67. The first kappa shape index (κ1) is 13.3. The second-order valence-electron chi connectivity index (χ2n) is 4.19. The molecular formula is C13H21ClN2. The normalized spacial score (nSPS) is 10.9. The van der Waals surface area contributed by atoms with Gasteiger partial charge in [-0.3, -0.25) is 0 Å². The second kappa shape index (κ2) is 6.09. The number of halogens is 1. The largest absolute Gasteiger partial charge is 0.357 e. The molecule has 0 aliphatic carbocycles. The molecule has 0 saturated heterocycles. The Morgan fingerprint density at radius 2 is 1.94 bits per heavy atom. The Labute approximate surface area is 104 Å². The highest BCUT2D eigenvalue weighted by atomic mass is 35.5. The predicted octanol–water partition coefficient (Wildman–Crippen LogP) is 3.75. The molecule has 1 rings (SSSR count). The Morgan fingerprint density at radius 1 is 1.31 bits per heavy atom. The van der Waals surface area contributed by atoms with Gasteiger partial charge in [-0.2, -0.15) is 0 Å². The molecule has 0 spiro atoms. The molecule has 0 bridgehead atoms. The van der Waals surface area contributed by atoms with E-state index in [4.69, 9.17) is 11.6 Å². The van der Waals surface area contributed by atoms with Crippen molar-refractivity contribution >= 4 is 17.4 Å². The molecule has 1 aromatic rings. The summed E-state index contributed by atoms with van der Waals surface area (Å²) >= 11 is 5.88. The highest BCUT2D eigenvalue weighted by Crippen LogP contribution is 2.19. The smallest absolute Gasteiger partial charge is 0.129 e. The molecule has 0 atom stereocenters. The maximum absolute atomic E-state index is 5.88. The van der Waals surface area contributed by atoms with Crippen molar-refractivity contribution in [2.75, 3.05) is 11.9 Å². The van der Waals surface area contributed by atoms with E-state index in [-0.39, 0.29) is 0 Å². The zero-order valence-electron chi connectivity index (χ0n) is 10.6. The molecule has 1 aromatic heterocycles. The topological polar surface area (TPSA) is 16.1 Å². The van der Waals surface area contributed by atoms with Gasteiger partial charge in [0, 0.05) is 24.7 Å². The van der Waals surface area contributed by atoms with Crippen LogP contribution in [0.15, 0.2) is 12.1 Å². The average Bonchev–Trinajstić information content (AvgIpc) is 2.29. The molecule has 0 saturated carbocycles. The van der Waals surface area contributed by atoms with E-state index in [0.717, 1.165) is 29.9 Å². The third kappa shape index (κ3) is 3.11. The van der Waals surface area contributed by atoms with Crippen molar-refractivity contribution in [1.82, 2.24) is 4.98 Å². The van der Waals surface area contributed by atoms with Gasteiger partial charge in [0.25, 0.3) is 0 Å². The van der Waals surface area contributed by atoms with E-state index in [1.54, 1.807) is 0 Å². The summed E-state index contributed by atoms with van der Waals surface area (Å²) in [6.07, 6.45) is 2.28. The summed E-state index contributed by atoms with van der Waals surface area (Å²) in [5, 5.41) is 0. The zero-order valence-corrected chi connectivity index (χ0v) is 11.4. The molecule has 0 N–H and O–H groups in total. The number of hydrogen-bond donors (Lipinski definition) is 0. The molecular weight excluding hydrogens is 220 g/mol. The van der Waals surface area contributed by atoms with Crippen LogP contribution in [0, 0.1) is 6.92 Å². The Kier molecular flexibility index (Phi) is 5.07. The van der Waals surface area contributed by atoms with Crippen LogP contribution in [-0.4, -0.2) is 18.1 Å². The first-order valence-corrected chi connectivity index (χ1v) is 6.42. The van der Waals surface area contributed by atoms with Crippen molar-refractivity contribution < 1.29 is 0 Å². The molecule has 0 aliphatic heterocycles. The zero-order chi connectivity index (χ0) is 12.1. The lowest BCUT2D eigenvalue weighted by molar-refractivity contribution is 0.586. The summed E-state index contributed by atoms with van der Waals surface area (Å²) < 4.78 is 0. The van der Waals surface area contributed by atoms with Crippen LogP contribution in [0.2, 0.25) is 0 Å². The molecule has 0 fully saturated rings. The van der Waals surface area contributed by atoms with Crippen LogP contribution in [0.3, 0.4) is 0 Å². The van der Waals surface area contributed by atoms with Gasteiger partial charge in [0.2, 0.25) is 0 Å². The Morgan fingerprint density at radius 3 is 2.44 bits per heavy atom. The van der Waals surface area contributed by atoms with E-state index >= 15 is 0 Å². The van der Waals surface area contributed by atoms with Gasteiger partial charge < -0.3 is 4.90 Å². The van der Waals surface area contributed by atoms with Crippen molar-refractivity contribution in [1.29, 1.82) is 0 Å². The SMILES string of the molecule is CCC(CC)N(C)c1cc(CCl)cc(C)n1. The molecule has 2 nitrogen and oxygen atoms in total. The summed E-state index contributed by atoms with van der Waals surface area (Å²) in [7, 11) is 2.11. The number of aryl methyl sites for hydroxylation is 1. The molecule has 0 aliphatic rings. The van der Waals surface area contributed by atoms with E-state index < -0.39 is 0 Å². The average molecular weight is 241 g/mol. The lowest BCUT2D eigenvalue weighted by Gasteiger charge is -2.27. The van der Waals surface area contributed by atoms with E-state index in [0.29, 0.717) is 11.9 Å². The van der Waals surface area contributed by atoms with Crippen LogP contribution < -0.4 is 4.90 Å². The number of alkyl halides is 1. The van der Waals surface area contributed by atoms with Crippen molar-refractivity contribution in [2.45, 2.75) is 45.5 Å². The van der Waals surface area contributed by atoms with Gasteiger partial charge >= 0.3 is 0 Å². The van der Waals surface area contributed by atoms with Gasteiger partial charge in [-0.05, 0) is 37.5 Å².